The van der Waals surface area contributed by atoms with E-state index in [0.29, 0.717) is 0 Å². The van der Waals surface area contributed by atoms with Crippen LogP contribution >= 0.6 is 22.9 Å². The molecule has 0 spiro atoms. The summed E-state index contributed by atoms with van der Waals surface area (Å²) in [5, 5.41) is 4.34. The van der Waals surface area contributed by atoms with E-state index in [0.717, 1.165) is 46.4 Å². The first-order chi connectivity index (χ1) is 14.1. The van der Waals surface area contributed by atoms with Gasteiger partial charge in [-0.15, -0.1) is 11.3 Å². The Morgan fingerprint density at radius 1 is 1.14 bits per heavy atom. The maximum atomic E-state index is 6.56. The van der Waals surface area contributed by atoms with E-state index >= 15 is 0 Å². The fourth-order valence-corrected chi connectivity index (χ4v) is 5.05. The summed E-state index contributed by atoms with van der Waals surface area (Å²) in [6, 6.07) is 14.8. The quantitative estimate of drug-likeness (QED) is 0.515. The second kappa shape index (κ2) is 8.56. The molecular weight excluding hydrogens is 396 g/mol. The average molecular weight is 421 g/mol. The summed E-state index contributed by atoms with van der Waals surface area (Å²) < 4.78 is 0. The molecule has 0 saturated carbocycles. The molecular formula is C25H25ClN2S. The highest BCUT2D eigenvalue weighted by Crippen LogP contribution is 2.37. The molecule has 0 amide bonds. The minimum atomic E-state index is 0.761. The number of allylic oxidation sites excluding steroid dienone is 1. The van der Waals surface area contributed by atoms with Crippen molar-refractivity contribution in [3.8, 4) is 11.3 Å². The Hall–Kier alpha value is -2.36. The second-order valence-corrected chi connectivity index (χ2v) is 8.96. The molecule has 1 heterocycles. The van der Waals surface area contributed by atoms with E-state index in [-0.39, 0.29) is 0 Å². The molecule has 4 rings (SSSR count). The number of aromatic nitrogens is 1. The Labute approximate surface area is 181 Å². The van der Waals surface area contributed by atoms with Crippen LogP contribution in [0.15, 0.2) is 54.6 Å². The van der Waals surface area contributed by atoms with Crippen LogP contribution in [0.25, 0.3) is 23.0 Å². The van der Waals surface area contributed by atoms with Gasteiger partial charge in [0.1, 0.15) is 0 Å². The van der Waals surface area contributed by atoms with E-state index in [2.05, 4.69) is 80.3 Å². The van der Waals surface area contributed by atoms with Crippen molar-refractivity contribution in [2.45, 2.75) is 33.6 Å². The predicted octanol–water partition coefficient (Wildman–Crippen LogP) is 5.85. The number of anilines is 1. The monoisotopic (exact) mass is 420 g/mol. The number of hydrogen-bond donors (Lipinski definition) is 0. The predicted molar refractivity (Wildman–Crippen MR) is 127 cm³/mol. The highest BCUT2D eigenvalue weighted by Gasteiger charge is 2.20. The molecule has 0 radical (unpaired) electrons. The lowest BCUT2D eigenvalue weighted by atomic mass is 10.1. The molecule has 0 bridgehead atoms. The number of benzene rings is 2. The Bertz CT molecular complexity index is 1190. The third-order valence-corrected chi connectivity index (χ3v) is 6.47. The summed E-state index contributed by atoms with van der Waals surface area (Å²) in [6.45, 7) is 7.35. The molecule has 148 valence electrons. The maximum absolute atomic E-state index is 6.56. The zero-order chi connectivity index (χ0) is 20.4. The number of aryl methyl sites for hydroxylation is 2. The van der Waals surface area contributed by atoms with Crippen LogP contribution in [0.3, 0.4) is 0 Å². The van der Waals surface area contributed by atoms with Crippen molar-refractivity contribution in [1.82, 2.24) is 4.98 Å². The van der Waals surface area contributed by atoms with Gasteiger partial charge in [-0.25, -0.2) is 4.98 Å². The van der Waals surface area contributed by atoms with Crippen molar-refractivity contribution in [2.75, 3.05) is 11.4 Å². The van der Waals surface area contributed by atoms with Crippen molar-refractivity contribution in [3.63, 3.8) is 0 Å². The number of halogens is 1. The molecule has 1 aliphatic carbocycles. The topological polar surface area (TPSA) is 16.1 Å². The van der Waals surface area contributed by atoms with E-state index in [9.17, 15) is 0 Å². The number of nitrogens with zero attached hydrogens (tertiary/aromatic N) is 2. The van der Waals surface area contributed by atoms with Crippen LogP contribution in [0.1, 0.15) is 30.2 Å². The molecule has 3 aromatic rings. The number of fused-ring (bicyclic) bond motifs is 1. The van der Waals surface area contributed by atoms with Gasteiger partial charge in [0, 0.05) is 34.3 Å². The summed E-state index contributed by atoms with van der Waals surface area (Å²) in [7, 11) is 0. The molecule has 0 atom stereocenters. The molecule has 0 aliphatic heterocycles. The van der Waals surface area contributed by atoms with Gasteiger partial charge in [0.25, 0.3) is 0 Å². The Morgan fingerprint density at radius 3 is 2.76 bits per heavy atom. The van der Waals surface area contributed by atoms with Crippen molar-refractivity contribution in [1.29, 1.82) is 0 Å². The molecule has 29 heavy (non-hydrogen) atoms. The summed E-state index contributed by atoms with van der Waals surface area (Å²) in [5.41, 5.74) is 4.46. The smallest absolute Gasteiger partial charge is 0.190 e. The van der Waals surface area contributed by atoms with Crippen LogP contribution in [-0.2, 0) is 0 Å². The molecule has 1 aliphatic rings. The zero-order valence-electron chi connectivity index (χ0n) is 17.1. The third kappa shape index (κ3) is 4.03. The summed E-state index contributed by atoms with van der Waals surface area (Å²) in [5.74, 6) is 0. The zero-order valence-corrected chi connectivity index (χ0v) is 18.6. The molecule has 0 fully saturated rings. The van der Waals surface area contributed by atoms with Crippen LogP contribution in [0.4, 0.5) is 5.13 Å². The average Bonchev–Trinajstić information content (AvgIpc) is 2.95. The van der Waals surface area contributed by atoms with E-state index < -0.39 is 0 Å². The van der Waals surface area contributed by atoms with Gasteiger partial charge in [0.05, 0.1) is 10.7 Å². The van der Waals surface area contributed by atoms with Crippen LogP contribution < -0.4 is 15.3 Å². The molecule has 0 N–H and O–H groups in total. The maximum Gasteiger partial charge on any atom is 0.190 e. The highest BCUT2D eigenvalue weighted by molar-refractivity contribution is 7.16. The highest BCUT2D eigenvalue weighted by atomic mass is 35.5. The Morgan fingerprint density at radius 2 is 1.97 bits per heavy atom. The van der Waals surface area contributed by atoms with E-state index in [1.807, 2.05) is 6.07 Å². The van der Waals surface area contributed by atoms with Crippen LogP contribution in [0.5, 0.6) is 0 Å². The van der Waals surface area contributed by atoms with Crippen LogP contribution in [0.2, 0.25) is 5.02 Å². The summed E-state index contributed by atoms with van der Waals surface area (Å²) in [4.78, 5) is 8.66. The van der Waals surface area contributed by atoms with Gasteiger partial charge in [0.2, 0.25) is 0 Å². The fraction of sp³-hybridized carbons (Fsp3) is 0.240. The van der Waals surface area contributed by atoms with Crippen molar-refractivity contribution in [2.24, 2.45) is 0 Å². The minimum Gasteiger partial charge on any atom is -0.321 e. The van der Waals surface area contributed by atoms with Gasteiger partial charge in [0.15, 0.2) is 5.13 Å². The van der Waals surface area contributed by atoms with E-state index in [1.165, 1.54) is 21.0 Å². The molecule has 4 heteroatoms. The summed E-state index contributed by atoms with van der Waals surface area (Å²) in [6.07, 6.45) is 8.53. The van der Waals surface area contributed by atoms with Gasteiger partial charge in [-0.3, -0.25) is 0 Å². The van der Waals surface area contributed by atoms with Gasteiger partial charge in [-0.2, -0.15) is 0 Å². The fourth-order valence-electron chi connectivity index (χ4n) is 3.75. The standard InChI is InChI=1S/C25H25ClN2S/c1-4-15-28(23-12-8-6-10-19-9-5-7-11-20(19)23)25-27-24(18(3)29-25)21-14-13-17(2)16-22(21)26/h5-11,13-14,16H,4,12,15H2,1-3H3. The lowest BCUT2D eigenvalue weighted by Crippen LogP contribution is -2.34. The molecule has 0 unspecified atom stereocenters. The lowest BCUT2D eigenvalue weighted by Gasteiger charge is -2.24. The molecule has 1 aromatic heterocycles. The van der Waals surface area contributed by atoms with Crippen LogP contribution in [0, 0.1) is 13.8 Å². The molecule has 0 saturated heterocycles. The molecule has 2 aromatic carbocycles. The van der Waals surface area contributed by atoms with Crippen molar-refractivity contribution < 1.29 is 0 Å². The number of rotatable bonds is 5. The third-order valence-electron chi connectivity index (χ3n) is 5.16. The second-order valence-electron chi connectivity index (χ2n) is 7.37. The Balaban J connectivity index is 1.86. The van der Waals surface area contributed by atoms with Gasteiger partial charge in [-0.05, 0) is 37.1 Å². The van der Waals surface area contributed by atoms with Crippen molar-refractivity contribution in [3.05, 3.63) is 80.5 Å². The number of hydrogen-bond acceptors (Lipinski definition) is 3. The first-order valence-electron chi connectivity index (χ1n) is 10.0. The SMILES string of the molecule is CCCN(C1=c2ccccc2=CC=CC1)c1nc(-c2ccc(C)cc2Cl)c(C)s1. The van der Waals surface area contributed by atoms with Gasteiger partial charge >= 0.3 is 0 Å². The minimum absolute atomic E-state index is 0.761. The van der Waals surface area contributed by atoms with Crippen molar-refractivity contribution >= 4 is 39.8 Å². The van der Waals surface area contributed by atoms with Gasteiger partial charge in [-0.1, -0.05) is 73.2 Å². The van der Waals surface area contributed by atoms with Gasteiger partial charge < -0.3 is 4.90 Å². The Kier molecular flexibility index (Phi) is 5.89. The lowest BCUT2D eigenvalue weighted by molar-refractivity contribution is 0.871. The summed E-state index contributed by atoms with van der Waals surface area (Å²) >= 11 is 8.30. The molecule has 2 nitrogen and oxygen atoms in total. The first kappa shape index (κ1) is 19.9. The largest absolute Gasteiger partial charge is 0.321 e. The van der Waals surface area contributed by atoms with Crippen LogP contribution in [-0.4, -0.2) is 11.5 Å². The van der Waals surface area contributed by atoms with E-state index in [4.69, 9.17) is 16.6 Å². The number of thiazole rings is 1. The van der Waals surface area contributed by atoms with E-state index in [1.54, 1.807) is 11.3 Å². The normalized spacial score (nSPS) is 13.0. The first-order valence-corrected chi connectivity index (χ1v) is 11.2.